The molecule has 0 spiro atoms. The van der Waals surface area contributed by atoms with Crippen LogP contribution in [-0.2, 0) is 62.2 Å². The molecule has 2 aliphatic rings. The summed E-state index contributed by atoms with van der Waals surface area (Å²) >= 11 is 10.4. The first-order chi connectivity index (χ1) is 27.2. The normalized spacial score (nSPS) is 14.0. The van der Waals surface area contributed by atoms with Crippen LogP contribution in [0.25, 0.3) is 27.9 Å². The third kappa shape index (κ3) is 19.7. The highest BCUT2D eigenvalue weighted by molar-refractivity contribution is 9.11. The first-order valence-electron chi connectivity index (χ1n) is 17.1. The molecule has 0 amide bonds. The Bertz CT molecular complexity index is 2350. The van der Waals surface area contributed by atoms with Crippen LogP contribution in [-0.4, -0.2) is 74.2 Å². The summed E-state index contributed by atoms with van der Waals surface area (Å²) in [4.78, 5) is 0. The molecule has 3 aromatic carbocycles. The van der Waals surface area contributed by atoms with E-state index in [0.717, 1.165) is 37.2 Å². The second-order valence-corrected chi connectivity index (χ2v) is 23.0. The summed E-state index contributed by atoms with van der Waals surface area (Å²) in [5.41, 5.74) is 4.91. The van der Waals surface area contributed by atoms with E-state index in [2.05, 4.69) is 104 Å². The summed E-state index contributed by atoms with van der Waals surface area (Å²) < 4.78 is 108. The second kappa shape index (κ2) is 25.4. The van der Waals surface area contributed by atoms with Gasteiger partial charge in [-0.2, -0.15) is 16.8 Å². The van der Waals surface area contributed by atoms with Crippen molar-refractivity contribution >= 4 is 146 Å². The van der Waals surface area contributed by atoms with Crippen LogP contribution < -0.4 is 0 Å². The van der Waals surface area contributed by atoms with Gasteiger partial charge in [-0.1, -0.05) is 84.2 Å². The van der Waals surface area contributed by atoms with E-state index in [9.17, 15) is 29.6 Å². The molecule has 316 valence electrons. The third-order valence-electron chi connectivity index (χ3n) is 7.68. The van der Waals surface area contributed by atoms with Crippen molar-refractivity contribution in [2.45, 2.75) is 38.8 Å². The van der Waals surface area contributed by atoms with Crippen molar-refractivity contribution in [1.82, 2.24) is 9.13 Å². The minimum atomic E-state index is -3.86. The summed E-state index contributed by atoms with van der Waals surface area (Å²) in [6, 6.07) is 22.1. The predicted molar refractivity (Wildman–Crippen MR) is 243 cm³/mol. The van der Waals surface area contributed by atoms with Gasteiger partial charge in [-0.25, -0.2) is 12.6 Å². The van der Waals surface area contributed by atoms with Crippen molar-refractivity contribution in [3.63, 3.8) is 0 Å². The number of hydrogen-bond acceptors (Lipinski definition) is 8. The molecule has 0 radical (unpaired) electrons. The molecule has 1 saturated heterocycles. The van der Waals surface area contributed by atoms with Gasteiger partial charge in [-0.15, -0.1) is 0 Å². The van der Waals surface area contributed by atoms with Crippen LogP contribution in [0.4, 0.5) is 4.39 Å². The fraction of sp³-hybridized carbons (Fsp3) is 0.314. The molecular formula is C35H39Br3Cl3FN2O9S4. The maximum absolute atomic E-state index is 10.8. The van der Waals surface area contributed by atoms with Gasteiger partial charge in [-0.05, 0) is 79.3 Å². The molecule has 1 aliphatic heterocycles. The van der Waals surface area contributed by atoms with Gasteiger partial charge in [-0.3, -0.25) is 13.1 Å². The fourth-order valence-electron chi connectivity index (χ4n) is 5.32. The smallest absolute Gasteiger partial charge is 0.267 e. The maximum Gasteiger partial charge on any atom is 0.267 e. The lowest BCUT2D eigenvalue weighted by atomic mass is 10.1. The zero-order valence-corrected chi connectivity index (χ0v) is 40.1. The van der Waals surface area contributed by atoms with E-state index in [-0.39, 0.29) is 17.3 Å². The first kappa shape index (κ1) is 50.0. The molecule has 0 unspecified atom stereocenters. The van der Waals surface area contributed by atoms with E-state index in [0.29, 0.717) is 39.0 Å². The van der Waals surface area contributed by atoms with E-state index in [4.69, 9.17) is 20.8 Å². The summed E-state index contributed by atoms with van der Waals surface area (Å²) in [5.74, 6) is -0.00406. The zero-order valence-electron chi connectivity index (χ0n) is 30.8. The van der Waals surface area contributed by atoms with Gasteiger partial charge in [0, 0.05) is 92.8 Å². The number of fused-ring (bicyclic) bond motifs is 3. The third-order valence-corrected chi connectivity index (χ3v) is 13.1. The van der Waals surface area contributed by atoms with Crippen molar-refractivity contribution in [3.05, 3.63) is 110 Å². The van der Waals surface area contributed by atoms with E-state index in [1.165, 1.54) is 15.6 Å². The van der Waals surface area contributed by atoms with Crippen molar-refractivity contribution in [3.8, 4) is 0 Å². The maximum atomic E-state index is 10.8. The SMILES string of the molecule is Brc1cccc2c1C=CC2.O=S(=O)(Cl)CCCn1ccc2c(Br)cccc21.O=S(=O)(O)CCCn1ccc2c(Br)cccc21.O=S(Cl)Cl.O=S1(=O)CCCO1.[2H]CF. The number of nitrogens with zero attached hydrogens (tertiary/aromatic N) is 2. The highest BCUT2D eigenvalue weighted by Crippen LogP contribution is 2.27. The molecule has 1 aliphatic carbocycles. The Morgan fingerprint density at radius 3 is 1.74 bits per heavy atom. The van der Waals surface area contributed by atoms with Crippen LogP contribution >= 0.6 is 79.8 Å². The van der Waals surface area contributed by atoms with Crippen LogP contribution in [0.15, 0.2) is 98.6 Å². The Kier molecular flexibility index (Phi) is 22.3. The van der Waals surface area contributed by atoms with Crippen LogP contribution in [0.3, 0.4) is 0 Å². The van der Waals surface area contributed by atoms with Crippen LogP contribution in [0, 0.1) is 0 Å². The zero-order chi connectivity index (χ0) is 43.5. The number of hydrogen-bond donors (Lipinski definition) is 1. The minimum absolute atomic E-state index is 0.00221. The van der Waals surface area contributed by atoms with Crippen LogP contribution in [0.1, 0.15) is 31.8 Å². The molecule has 22 heteroatoms. The largest absolute Gasteiger partial charge is 0.347 e. The molecule has 5 aromatic rings. The van der Waals surface area contributed by atoms with Gasteiger partial charge >= 0.3 is 0 Å². The monoisotopic (exact) mass is 1120 g/mol. The first-order valence-corrected chi connectivity index (χ1v) is 27.3. The molecule has 0 bridgehead atoms. The van der Waals surface area contributed by atoms with E-state index in [1.807, 2.05) is 70.1 Å². The molecule has 11 nitrogen and oxygen atoms in total. The highest BCUT2D eigenvalue weighted by Gasteiger charge is 2.17. The summed E-state index contributed by atoms with van der Waals surface area (Å²) in [5, 5.41) is 2.22. The topological polar surface area (TPSA) is 159 Å². The van der Waals surface area contributed by atoms with Crippen molar-refractivity contribution in [1.29, 1.82) is 0 Å². The molecule has 3 heterocycles. The Morgan fingerprint density at radius 2 is 1.33 bits per heavy atom. The molecule has 0 saturated carbocycles. The highest BCUT2D eigenvalue weighted by atomic mass is 79.9. The van der Waals surface area contributed by atoms with E-state index >= 15 is 0 Å². The van der Waals surface area contributed by atoms with Gasteiger partial charge in [0.1, 0.15) is 0 Å². The van der Waals surface area contributed by atoms with Crippen LogP contribution in [0.5, 0.6) is 0 Å². The summed E-state index contributed by atoms with van der Waals surface area (Å²) in [6.45, 7) is 1.59. The molecular weight excluding hydrogens is 1090 g/mol. The standard InChI is InChI=1S/C11H11BrClNO2S.C11H12BrNO3S.C9H7Br.C3H6O3S.CH3F.Cl2OS/c12-10-3-1-4-11-9(10)5-7-14(11)6-2-8-17(13,15)16;12-10-3-1-4-11-9(10)5-7-13(11)6-2-8-17(14,15)16;10-9-6-2-4-7-3-1-5-8(7)9;4-7(5)3-1-2-6-7;1-2;1-4(2)3/h1,3-5,7H,2,6,8H2;1,3-5,7H,2,6,8H2,(H,14,15,16);1-2,4-6H,3H2;1-3H2;1H3;/i;;;;1D;. The Morgan fingerprint density at radius 1 is 0.860 bits per heavy atom. The van der Waals surface area contributed by atoms with Gasteiger partial charge in [0.25, 0.3) is 20.2 Å². The van der Waals surface area contributed by atoms with Crippen molar-refractivity contribution in [2.75, 3.05) is 31.0 Å². The molecule has 0 atom stereocenters. The average molecular weight is 1130 g/mol. The van der Waals surface area contributed by atoms with E-state index in [1.54, 1.807) is 0 Å². The van der Waals surface area contributed by atoms with E-state index < -0.39 is 45.7 Å². The van der Waals surface area contributed by atoms with Gasteiger partial charge in [0.05, 0.1) is 32.4 Å². The molecule has 1 fully saturated rings. The Balaban J connectivity index is 0.000000263. The number of allylic oxidation sites excluding steroid dienone is 1. The van der Waals surface area contributed by atoms with Crippen molar-refractivity contribution in [2.24, 2.45) is 0 Å². The Hall–Kier alpha value is -1.36. The molecule has 7 rings (SSSR count). The molecule has 2 aromatic heterocycles. The number of aromatic nitrogens is 2. The number of aryl methyl sites for hydroxylation is 2. The van der Waals surface area contributed by atoms with Crippen molar-refractivity contribution < 1.29 is 44.0 Å². The summed E-state index contributed by atoms with van der Waals surface area (Å²) in [7, 11) is 1.23. The minimum Gasteiger partial charge on any atom is -0.347 e. The quantitative estimate of drug-likeness (QED) is 0.0907. The lowest BCUT2D eigenvalue weighted by Gasteiger charge is -2.04. The number of halogens is 7. The molecule has 1 N–H and O–H groups in total. The lowest BCUT2D eigenvalue weighted by molar-refractivity contribution is 0.354. The van der Waals surface area contributed by atoms with Crippen LogP contribution in [0.2, 0.25) is 0 Å². The number of rotatable bonds is 8. The van der Waals surface area contributed by atoms with Gasteiger partial charge in [0.2, 0.25) is 18.3 Å². The summed E-state index contributed by atoms with van der Waals surface area (Å²) in [6.07, 6.45) is 10.9. The number of benzene rings is 3. The average Bonchev–Trinajstić information content (AvgIpc) is 3.93. The number of alkyl halides is 1. The fourth-order valence-corrected chi connectivity index (χ4v) is 9.09. The van der Waals surface area contributed by atoms with Gasteiger partial charge in [0.15, 0.2) is 0 Å². The Labute approximate surface area is 375 Å². The lowest BCUT2D eigenvalue weighted by Crippen LogP contribution is -2.07. The molecule has 57 heavy (non-hydrogen) atoms. The predicted octanol–water partition coefficient (Wildman–Crippen LogP) is 10.4. The second-order valence-electron chi connectivity index (χ2n) is 11.6. The van der Waals surface area contributed by atoms with Gasteiger partial charge < -0.3 is 9.13 Å².